The number of nitrogens with zero attached hydrogens (tertiary/aromatic N) is 2. The Balaban J connectivity index is 1.60. The Morgan fingerprint density at radius 2 is 2.14 bits per heavy atom. The van der Waals surface area contributed by atoms with Crippen molar-refractivity contribution in [3.05, 3.63) is 35.6 Å². The van der Waals surface area contributed by atoms with Crippen LogP contribution in [0.25, 0.3) is 11.0 Å². The summed E-state index contributed by atoms with van der Waals surface area (Å²) in [5.41, 5.74) is 1.84. The molecule has 1 saturated heterocycles. The minimum absolute atomic E-state index is 0.0611. The molecule has 0 aliphatic carbocycles. The Kier molecular flexibility index (Phi) is 6.21. The largest absolute Gasteiger partial charge is 0.480 e. The van der Waals surface area contributed by atoms with Gasteiger partial charge in [-0.25, -0.2) is 4.79 Å². The lowest BCUT2D eigenvalue weighted by Gasteiger charge is -2.35. The lowest BCUT2D eigenvalue weighted by Crippen LogP contribution is -2.52. The molecule has 0 saturated carbocycles. The number of benzene rings is 1. The minimum Gasteiger partial charge on any atom is -0.480 e. The monoisotopic (exact) mass is 389 g/mol. The number of carbonyl (C=O) groups excluding carboxylic acids is 1. The topological polar surface area (TPSA) is 95.3 Å². The molecule has 2 amide bonds. The zero-order valence-corrected chi connectivity index (χ0v) is 16.5. The van der Waals surface area contributed by atoms with Crippen molar-refractivity contribution in [3.8, 4) is 0 Å². The number of amides is 2. The first kappa shape index (κ1) is 20.2. The maximum atomic E-state index is 12.7. The van der Waals surface area contributed by atoms with E-state index in [1.165, 1.54) is 0 Å². The molecule has 1 unspecified atom stereocenters. The average molecular weight is 389 g/mol. The molecule has 8 heteroatoms. The predicted molar refractivity (Wildman–Crippen MR) is 104 cm³/mol. The number of carboxylic acid groups (broad SMARTS) is 1. The van der Waals surface area contributed by atoms with Gasteiger partial charge in [-0.05, 0) is 27.0 Å². The number of hydrogen-bond donors (Lipinski definition) is 2. The Morgan fingerprint density at radius 1 is 1.39 bits per heavy atom. The molecule has 1 aromatic heterocycles. The highest BCUT2D eigenvalue weighted by atomic mass is 16.5. The number of para-hydroxylation sites is 1. The molecule has 0 bridgehead atoms. The molecule has 2 N–H and O–H groups in total. The fraction of sp³-hybridized carbons (Fsp3) is 0.500. The van der Waals surface area contributed by atoms with Crippen molar-refractivity contribution in [2.24, 2.45) is 0 Å². The molecule has 0 radical (unpaired) electrons. The quantitative estimate of drug-likeness (QED) is 0.787. The van der Waals surface area contributed by atoms with Gasteiger partial charge in [0.2, 0.25) is 0 Å². The fourth-order valence-electron chi connectivity index (χ4n) is 3.61. The van der Waals surface area contributed by atoms with Crippen LogP contribution in [0.1, 0.15) is 24.3 Å². The fourth-order valence-corrected chi connectivity index (χ4v) is 3.61. The number of carbonyl (C=O) groups is 2. The number of furan rings is 1. The third-order valence-corrected chi connectivity index (χ3v) is 4.96. The highest BCUT2D eigenvalue weighted by Gasteiger charge is 2.27. The summed E-state index contributed by atoms with van der Waals surface area (Å²) in [7, 11) is 1.73. The summed E-state index contributed by atoms with van der Waals surface area (Å²) >= 11 is 0. The molecule has 8 nitrogen and oxygen atoms in total. The number of fused-ring (bicyclic) bond motifs is 1. The van der Waals surface area contributed by atoms with Gasteiger partial charge in [0.1, 0.15) is 11.3 Å². The van der Waals surface area contributed by atoms with Crippen molar-refractivity contribution < 1.29 is 23.8 Å². The van der Waals surface area contributed by atoms with Crippen molar-refractivity contribution in [2.45, 2.75) is 26.0 Å². The standard InChI is InChI=1S/C20H27N3O5/c1-13-16-6-4-5-7-17(16)28-19(13)14(2)21-20(26)23-8-9-27-15(11-23)10-22(3)12-18(24)25/h4-7,14-15H,8-12H2,1-3H3,(H,21,26)(H,24,25)/t14-,15?/m0/s1. The summed E-state index contributed by atoms with van der Waals surface area (Å²) in [6, 6.07) is 7.37. The van der Waals surface area contributed by atoms with E-state index < -0.39 is 5.97 Å². The van der Waals surface area contributed by atoms with Crippen LogP contribution in [0.5, 0.6) is 0 Å². The summed E-state index contributed by atoms with van der Waals surface area (Å²) in [5, 5.41) is 12.9. The molecule has 1 aromatic carbocycles. The molecule has 2 aromatic rings. The zero-order valence-electron chi connectivity index (χ0n) is 16.5. The average Bonchev–Trinajstić information content (AvgIpc) is 2.98. The van der Waals surface area contributed by atoms with Crippen LogP contribution in [0.2, 0.25) is 0 Å². The predicted octanol–water partition coefficient (Wildman–Crippen LogP) is 2.23. The van der Waals surface area contributed by atoms with E-state index in [2.05, 4.69) is 5.32 Å². The van der Waals surface area contributed by atoms with E-state index in [1.807, 2.05) is 38.1 Å². The van der Waals surface area contributed by atoms with Gasteiger partial charge in [-0.1, -0.05) is 18.2 Å². The van der Waals surface area contributed by atoms with Crippen molar-refractivity contribution in [1.82, 2.24) is 15.1 Å². The molecule has 1 aliphatic heterocycles. The van der Waals surface area contributed by atoms with Crippen molar-refractivity contribution in [3.63, 3.8) is 0 Å². The van der Waals surface area contributed by atoms with E-state index in [0.29, 0.717) is 26.2 Å². The second-order valence-electron chi connectivity index (χ2n) is 7.29. The van der Waals surface area contributed by atoms with Crippen LogP contribution < -0.4 is 5.32 Å². The number of urea groups is 1. The molecule has 2 atom stereocenters. The number of aliphatic carboxylic acids is 1. The normalized spacial score (nSPS) is 18.4. The molecule has 1 aliphatic rings. The lowest BCUT2D eigenvalue weighted by molar-refractivity contribution is -0.138. The first-order valence-corrected chi connectivity index (χ1v) is 9.40. The zero-order chi connectivity index (χ0) is 20.3. The lowest BCUT2D eigenvalue weighted by atomic mass is 10.1. The Morgan fingerprint density at radius 3 is 2.86 bits per heavy atom. The number of morpholine rings is 1. The van der Waals surface area contributed by atoms with Crippen LogP contribution in [0.15, 0.2) is 28.7 Å². The van der Waals surface area contributed by atoms with Crippen molar-refractivity contribution in [1.29, 1.82) is 0 Å². The van der Waals surface area contributed by atoms with E-state index in [4.69, 9.17) is 14.3 Å². The Bertz CT molecular complexity index is 849. The van der Waals surface area contributed by atoms with Crippen LogP contribution >= 0.6 is 0 Å². The number of nitrogens with one attached hydrogen (secondary N) is 1. The first-order chi connectivity index (χ1) is 13.3. The van der Waals surface area contributed by atoms with Crippen molar-refractivity contribution in [2.75, 3.05) is 39.8 Å². The molecule has 1 fully saturated rings. The summed E-state index contributed by atoms with van der Waals surface area (Å²) in [5.74, 6) is -0.136. The highest BCUT2D eigenvalue weighted by molar-refractivity contribution is 5.82. The third kappa shape index (κ3) is 4.63. The number of rotatable bonds is 6. The second-order valence-corrected chi connectivity index (χ2v) is 7.29. The van der Waals surface area contributed by atoms with Gasteiger partial charge >= 0.3 is 12.0 Å². The van der Waals surface area contributed by atoms with Crippen LogP contribution in [0, 0.1) is 6.92 Å². The van der Waals surface area contributed by atoms with Gasteiger partial charge in [0.25, 0.3) is 0 Å². The van der Waals surface area contributed by atoms with E-state index in [1.54, 1.807) is 16.8 Å². The van der Waals surface area contributed by atoms with Gasteiger partial charge in [0.05, 0.1) is 25.3 Å². The van der Waals surface area contributed by atoms with Gasteiger partial charge in [-0.3, -0.25) is 9.69 Å². The van der Waals surface area contributed by atoms with Crippen LogP contribution in [0.3, 0.4) is 0 Å². The number of hydrogen-bond acceptors (Lipinski definition) is 5. The maximum Gasteiger partial charge on any atom is 0.318 e. The maximum absolute atomic E-state index is 12.7. The van der Waals surface area contributed by atoms with Gasteiger partial charge in [-0.2, -0.15) is 0 Å². The molecule has 0 spiro atoms. The molecular formula is C20H27N3O5. The number of aryl methyl sites for hydroxylation is 1. The van der Waals surface area contributed by atoms with Crippen molar-refractivity contribution >= 4 is 23.0 Å². The summed E-state index contributed by atoms with van der Waals surface area (Å²) in [4.78, 5) is 26.9. The van der Waals surface area contributed by atoms with Gasteiger partial charge < -0.3 is 24.5 Å². The molecular weight excluding hydrogens is 362 g/mol. The van der Waals surface area contributed by atoms with Crippen LogP contribution in [-0.2, 0) is 9.53 Å². The number of likely N-dealkylation sites (N-methyl/N-ethyl adjacent to an activating group) is 1. The van der Waals surface area contributed by atoms with E-state index >= 15 is 0 Å². The summed E-state index contributed by atoms with van der Waals surface area (Å²) < 4.78 is 11.6. The smallest absolute Gasteiger partial charge is 0.318 e. The van der Waals surface area contributed by atoms with Gasteiger partial charge in [0, 0.05) is 30.6 Å². The second kappa shape index (κ2) is 8.62. The van der Waals surface area contributed by atoms with Gasteiger partial charge in [-0.15, -0.1) is 0 Å². The molecule has 152 valence electrons. The van der Waals surface area contributed by atoms with E-state index in [9.17, 15) is 9.59 Å². The van der Waals surface area contributed by atoms with E-state index in [0.717, 1.165) is 22.3 Å². The Hall–Kier alpha value is -2.58. The summed E-state index contributed by atoms with van der Waals surface area (Å²) in [6.07, 6.45) is -0.216. The summed E-state index contributed by atoms with van der Waals surface area (Å²) in [6.45, 7) is 5.63. The van der Waals surface area contributed by atoms with Crippen LogP contribution in [-0.4, -0.2) is 72.8 Å². The van der Waals surface area contributed by atoms with Gasteiger partial charge in [0.15, 0.2) is 0 Å². The molecule has 3 rings (SSSR count). The van der Waals surface area contributed by atoms with E-state index in [-0.39, 0.29) is 24.7 Å². The number of carboxylic acids is 1. The highest BCUT2D eigenvalue weighted by Crippen LogP contribution is 2.29. The first-order valence-electron chi connectivity index (χ1n) is 9.40. The Labute approximate surface area is 164 Å². The van der Waals surface area contributed by atoms with Crippen LogP contribution in [0.4, 0.5) is 4.79 Å². The minimum atomic E-state index is -0.886. The number of ether oxygens (including phenoxy) is 1. The SMILES string of the molecule is Cc1c([C@H](C)NC(=O)N2CCOC(CN(C)CC(=O)O)C2)oc2ccccc12. The third-order valence-electron chi connectivity index (χ3n) is 4.96. The molecule has 28 heavy (non-hydrogen) atoms. The molecule has 2 heterocycles.